The van der Waals surface area contributed by atoms with Gasteiger partial charge in [0.15, 0.2) is 0 Å². The van der Waals surface area contributed by atoms with Crippen LogP contribution in [0.25, 0.3) is 6.08 Å². The topological polar surface area (TPSA) is 65.5 Å². The first-order chi connectivity index (χ1) is 7.21. The normalized spacial score (nSPS) is 22.4. The van der Waals surface area contributed by atoms with E-state index in [0.717, 1.165) is 5.56 Å². The fourth-order valence-electron chi connectivity index (χ4n) is 1.47. The van der Waals surface area contributed by atoms with E-state index in [1.165, 1.54) is 0 Å². The second-order valence-electron chi connectivity index (χ2n) is 3.00. The zero-order chi connectivity index (χ0) is 10.5. The van der Waals surface area contributed by atoms with Crippen LogP contribution in [-0.2, 0) is 18.0 Å². The van der Waals surface area contributed by atoms with Crippen LogP contribution < -0.4 is 0 Å². The molecule has 0 N–H and O–H groups in total. The zero-order valence-electron chi connectivity index (χ0n) is 7.38. The Morgan fingerprint density at radius 3 is 2.67 bits per heavy atom. The molecule has 1 fully saturated rings. The van der Waals surface area contributed by atoms with Gasteiger partial charge in [-0.2, -0.15) is 0 Å². The molecular weight excluding hydrogens is 218 g/mol. The van der Waals surface area contributed by atoms with E-state index in [0.29, 0.717) is 4.90 Å². The summed E-state index contributed by atoms with van der Waals surface area (Å²) in [7, 11) is -2.30. The van der Waals surface area contributed by atoms with Gasteiger partial charge in [0.2, 0.25) is 0 Å². The van der Waals surface area contributed by atoms with Gasteiger partial charge in [0.1, 0.15) is 0 Å². The van der Waals surface area contributed by atoms with E-state index in [4.69, 9.17) is 8.37 Å². The Morgan fingerprint density at radius 1 is 1.20 bits per heavy atom. The van der Waals surface area contributed by atoms with Crippen molar-refractivity contribution in [2.45, 2.75) is 4.90 Å². The molecule has 1 spiro atoms. The predicted molar refractivity (Wildman–Crippen MR) is 51.3 cm³/mol. The van der Waals surface area contributed by atoms with Crippen LogP contribution in [-0.4, -0.2) is 16.9 Å². The van der Waals surface area contributed by atoms with Gasteiger partial charge in [-0.05, 0) is 12.1 Å². The smallest absolute Gasteiger partial charge is 0.325 e. The van der Waals surface area contributed by atoms with Crippen molar-refractivity contribution in [1.82, 2.24) is 4.98 Å². The quantitative estimate of drug-likeness (QED) is 0.617. The molecule has 5 nitrogen and oxygen atoms in total. The summed E-state index contributed by atoms with van der Waals surface area (Å²) < 4.78 is 10.0. The first-order valence-electron chi connectivity index (χ1n) is 4.14. The molecule has 1 aromatic heterocycles. The van der Waals surface area contributed by atoms with E-state index in [2.05, 4.69) is 4.98 Å². The number of aromatic nitrogens is 1. The molecule has 1 saturated heterocycles. The van der Waals surface area contributed by atoms with Crippen LogP contribution in [0.15, 0.2) is 28.8 Å². The Bertz CT molecular complexity index is 495. The highest BCUT2D eigenvalue weighted by atomic mass is 32.3. The fourth-order valence-corrected chi connectivity index (χ4v) is 3.55. The summed E-state index contributed by atoms with van der Waals surface area (Å²) in [5, 5.41) is 1.61. The van der Waals surface area contributed by atoms with Gasteiger partial charge >= 0.3 is 11.9 Å². The molecule has 0 amide bonds. The van der Waals surface area contributed by atoms with Crippen LogP contribution in [0.3, 0.4) is 0 Å². The van der Waals surface area contributed by atoms with Crippen molar-refractivity contribution in [3.8, 4) is 0 Å². The van der Waals surface area contributed by atoms with E-state index in [9.17, 15) is 9.59 Å². The third-order valence-corrected chi connectivity index (χ3v) is 4.39. The Labute approximate surface area is 86.4 Å². The average Bonchev–Trinajstić information content (AvgIpc) is 2.72. The van der Waals surface area contributed by atoms with Crippen LogP contribution in [0, 0.1) is 0 Å². The molecule has 0 aliphatic carbocycles. The third kappa shape index (κ3) is 1.02. The maximum absolute atomic E-state index is 11.0. The van der Waals surface area contributed by atoms with Crippen LogP contribution >= 0.6 is 10.6 Å². The Hall–Kier alpha value is -1.82. The van der Waals surface area contributed by atoms with Crippen LogP contribution in [0.5, 0.6) is 0 Å². The maximum Gasteiger partial charge on any atom is 0.441 e. The molecule has 0 unspecified atom stereocenters. The molecule has 3 rings (SSSR count). The summed E-state index contributed by atoms with van der Waals surface area (Å²) in [5.74, 6) is -1.86. The summed E-state index contributed by atoms with van der Waals surface area (Å²) in [6.45, 7) is 0. The van der Waals surface area contributed by atoms with Crippen LogP contribution in [0.4, 0.5) is 0 Å². The van der Waals surface area contributed by atoms with Gasteiger partial charge in [-0.1, -0.05) is 10.6 Å². The first-order valence-corrected chi connectivity index (χ1v) is 5.69. The highest BCUT2D eigenvalue weighted by molar-refractivity contribution is 8.29. The summed E-state index contributed by atoms with van der Waals surface area (Å²) in [6.07, 6.45) is 4.94. The number of rotatable bonds is 0. The lowest BCUT2D eigenvalue weighted by Crippen LogP contribution is -2.05. The molecule has 6 heteroatoms. The lowest BCUT2D eigenvalue weighted by Gasteiger charge is -2.28. The van der Waals surface area contributed by atoms with E-state index in [-0.39, 0.29) is 0 Å². The van der Waals surface area contributed by atoms with E-state index in [1.807, 2.05) is 0 Å². The maximum atomic E-state index is 11.0. The number of nitrogens with zero attached hydrogens (tertiary/aromatic N) is 1. The lowest BCUT2D eigenvalue weighted by atomic mass is 10.3. The van der Waals surface area contributed by atoms with Crippen molar-refractivity contribution in [2.24, 2.45) is 0 Å². The molecule has 0 saturated carbocycles. The largest absolute Gasteiger partial charge is 0.441 e. The van der Waals surface area contributed by atoms with Crippen molar-refractivity contribution in [3.63, 3.8) is 0 Å². The number of fused-ring (bicyclic) bond motifs is 2. The van der Waals surface area contributed by atoms with E-state index in [1.54, 1.807) is 29.9 Å². The molecular formula is C9H5NO4S. The summed E-state index contributed by atoms with van der Waals surface area (Å²) in [5.41, 5.74) is 0.815. The highest BCUT2D eigenvalue weighted by Crippen LogP contribution is 2.66. The van der Waals surface area contributed by atoms with Gasteiger partial charge in [0, 0.05) is 18.0 Å². The van der Waals surface area contributed by atoms with Gasteiger partial charge in [-0.3, -0.25) is 4.98 Å². The van der Waals surface area contributed by atoms with Gasteiger partial charge in [0.05, 0.1) is 10.3 Å². The number of hydrogen-bond donors (Lipinski definition) is 0. The van der Waals surface area contributed by atoms with E-state index >= 15 is 0 Å². The van der Waals surface area contributed by atoms with Gasteiger partial charge < -0.3 is 8.37 Å². The lowest BCUT2D eigenvalue weighted by molar-refractivity contribution is -0.150. The van der Waals surface area contributed by atoms with Crippen molar-refractivity contribution < 1.29 is 18.0 Å². The molecule has 0 atom stereocenters. The minimum atomic E-state index is -2.30. The molecule has 15 heavy (non-hydrogen) atoms. The SMILES string of the molecule is O=C1OS2(C=Cc3cnccc32)OC1=O. The van der Waals surface area contributed by atoms with Gasteiger partial charge in [-0.25, -0.2) is 9.59 Å². The Morgan fingerprint density at radius 2 is 1.93 bits per heavy atom. The summed E-state index contributed by atoms with van der Waals surface area (Å²) in [4.78, 5) is 26.7. The number of pyridine rings is 1. The van der Waals surface area contributed by atoms with Crippen molar-refractivity contribution >= 4 is 28.6 Å². The number of carbonyl (C=O) groups excluding carboxylic acids is 2. The number of carbonyl (C=O) groups is 2. The van der Waals surface area contributed by atoms with Crippen molar-refractivity contribution in [3.05, 3.63) is 29.4 Å². The monoisotopic (exact) mass is 223 g/mol. The molecule has 76 valence electrons. The molecule has 0 aromatic carbocycles. The third-order valence-electron chi connectivity index (χ3n) is 2.11. The molecule has 2 aliphatic heterocycles. The summed E-state index contributed by atoms with van der Waals surface area (Å²) >= 11 is 0. The van der Waals surface area contributed by atoms with Gasteiger partial charge in [-0.15, -0.1) is 0 Å². The van der Waals surface area contributed by atoms with Crippen molar-refractivity contribution in [1.29, 1.82) is 0 Å². The predicted octanol–water partition coefficient (Wildman–Crippen LogP) is 1.16. The highest BCUT2D eigenvalue weighted by Gasteiger charge is 2.44. The standard InChI is InChI=1S/C9H5NO4S/c11-8-9(12)14-15(13-8)4-2-6-5-10-3-1-7(6)15/h1-5H. The van der Waals surface area contributed by atoms with Gasteiger partial charge in [0.25, 0.3) is 0 Å². The second-order valence-corrected chi connectivity index (χ2v) is 5.14. The molecule has 3 heterocycles. The van der Waals surface area contributed by atoms with E-state index < -0.39 is 22.5 Å². The van der Waals surface area contributed by atoms with Crippen molar-refractivity contribution in [2.75, 3.05) is 0 Å². The van der Waals surface area contributed by atoms with Crippen LogP contribution in [0.1, 0.15) is 5.56 Å². The number of hydrogen-bond acceptors (Lipinski definition) is 5. The zero-order valence-corrected chi connectivity index (χ0v) is 8.19. The van der Waals surface area contributed by atoms with Crippen LogP contribution in [0.2, 0.25) is 0 Å². The first kappa shape index (κ1) is 8.49. The molecule has 0 radical (unpaired) electrons. The average molecular weight is 223 g/mol. The molecule has 0 bridgehead atoms. The second kappa shape index (κ2) is 2.60. The fraction of sp³-hybridized carbons (Fsp3) is 0. The molecule has 2 aliphatic rings. The minimum Gasteiger partial charge on any atom is -0.325 e. The Balaban J connectivity index is 2.15. The molecule has 1 aromatic rings. The Kier molecular flexibility index (Phi) is 1.47. The summed E-state index contributed by atoms with van der Waals surface area (Å²) in [6, 6.07) is 1.69. The minimum absolute atomic E-state index is 0.705.